The van der Waals surface area contributed by atoms with Gasteiger partial charge in [0, 0.05) is 17.3 Å². The molecule has 3 nitrogen and oxygen atoms in total. The highest BCUT2D eigenvalue weighted by atomic mass is 19.4. The van der Waals surface area contributed by atoms with E-state index in [0.29, 0.717) is 11.6 Å². The van der Waals surface area contributed by atoms with Crippen molar-refractivity contribution < 1.29 is 22.7 Å². The molecule has 2 aromatic rings. The third kappa shape index (κ3) is 2.82. The molecule has 1 aromatic heterocycles. The Hall–Kier alpha value is -2.15. The summed E-state index contributed by atoms with van der Waals surface area (Å²) in [5.74, 6) is -1.57. The Morgan fingerprint density at radius 3 is 2.48 bits per heavy atom. The lowest BCUT2D eigenvalue weighted by atomic mass is 9.96. The zero-order chi connectivity index (χ0) is 15.8. The first-order valence-electron chi connectivity index (χ1n) is 5.98. The fraction of sp³-hybridized carbons (Fsp3) is 0.214. The predicted molar refractivity (Wildman–Crippen MR) is 68.9 cm³/mol. The summed E-state index contributed by atoms with van der Waals surface area (Å²) < 4.78 is 52.1. The number of nitrogens with two attached hydrogens (primary N) is 1. The largest absolute Gasteiger partial charge is 0.419 e. The van der Waals surface area contributed by atoms with Crippen molar-refractivity contribution in [2.45, 2.75) is 19.2 Å². The number of aliphatic hydroxyl groups is 1. The molecule has 1 aromatic carbocycles. The molecule has 0 aliphatic heterocycles. The van der Waals surface area contributed by atoms with Crippen LogP contribution in [0.15, 0.2) is 30.5 Å². The number of halogens is 4. The highest BCUT2D eigenvalue weighted by Gasteiger charge is 2.36. The van der Waals surface area contributed by atoms with Gasteiger partial charge in [0.15, 0.2) is 0 Å². The van der Waals surface area contributed by atoms with E-state index >= 15 is 0 Å². The topological polar surface area (TPSA) is 59.1 Å². The third-order valence-electron chi connectivity index (χ3n) is 3.14. The van der Waals surface area contributed by atoms with Crippen LogP contribution in [0, 0.1) is 12.7 Å². The van der Waals surface area contributed by atoms with E-state index in [1.165, 1.54) is 12.3 Å². The Kier molecular flexibility index (Phi) is 3.87. The van der Waals surface area contributed by atoms with Crippen molar-refractivity contribution in [2.75, 3.05) is 5.73 Å². The van der Waals surface area contributed by atoms with Gasteiger partial charge in [-0.1, -0.05) is 12.1 Å². The second-order valence-corrected chi connectivity index (χ2v) is 4.54. The molecule has 7 heteroatoms. The monoisotopic (exact) mass is 300 g/mol. The van der Waals surface area contributed by atoms with Gasteiger partial charge >= 0.3 is 6.18 Å². The number of hydrogen-bond donors (Lipinski definition) is 2. The van der Waals surface area contributed by atoms with Crippen LogP contribution in [-0.4, -0.2) is 10.1 Å². The van der Waals surface area contributed by atoms with Gasteiger partial charge in [0.2, 0.25) is 0 Å². The summed E-state index contributed by atoms with van der Waals surface area (Å²) in [7, 11) is 0. The summed E-state index contributed by atoms with van der Waals surface area (Å²) in [6.07, 6.45) is -5.07. The van der Waals surface area contributed by atoms with E-state index in [4.69, 9.17) is 5.73 Å². The summed E-state index contributed by atoms with van der Waals surface area (Å²) in [6.45, 7) is 1.60. The predicted octanol–water partition coefficient (Wildman–Crippen LogP) is 3.21. The maximum absolute atomic E-state index is 14.0. The van der Waals surface area contributed by atoms with E-state index in [-0.39, 0.29) is 11.4 Å². The molecule has 1 atom stereocenters. The molecule has 1 heterocycles. The molecular formula is C14H12F4N2O. The quantitative estimate of drug-likeness (QED) is 0.837. The van der Waals surface area contributed by atoms with E-state index < -0.39 is 29.2 Å². The first-order chi connectivity index (χ1) is 9.73. The second kappa shape index (κ2) is 5.33. The molecule has 112 valence electrons. The van der Waals surface area contributed by atoms with Crippen molar-refractivity contribution >= 4 is 5.82 Å². The molecule has 0 fully saturated rings. The number of rotatable bonds is 2. The number of anilines is 1. The lowest BCUT2D eigenvalue weighted by Gasteiger charge is -2.18. The van der Waals surface area contributed by atoms with Gasteiger partial charge in [0.05, 0.1) is 5.56 Å². The van der Waals surface area contributed by atoms with E-state index in [9.17, 15) is 22.7 Å². The molecule has 21 heavy (non-hydrogen) atoms. The molecule has 0 saturated heterocycles. The van der Waals surface area contributed by atoms with Crippen molar-refractivity contribution in [2.24, 2.45) is 0 Å². The first kappa shape index (κ1) is 15.2. The molecule has 1 unspecified atom stereocenters. The number of aromatic nitrogens is 1. The standard InChI is InChI=1S/C14H12F4N2O/c1-7-5-6-20-13(19)10(7)12(21)8-3-2-4-9(11(8)15)14(16,17)18/h2-6,12,21H,1H3,(H2,19,20). The fourth-order valence-electron chi connectivity index (χ4n) is 2.08. The van der Waals surface area contributed by atoms with Gasteiger partial charge < -0.3 is 10.8 Å². The minimum atomic E-state index is -4.84. The number of aliphatic hydroxyl groups excluding tert-OH is 1. The van der Waals surface area contributed by atoms with Crippen LogP contribution >= 0.6 is 0 Å². The zero-order valence-electron chi connectivity index (χ0n) is 10.9. The summed E-state index contributed by atoms with van der Waals surface area (Å²) >= 11 is 0. The van der Waals surface area contributed by atoms with Gasteiger partial charge in [-0.3, -0.25) is 0 Å². The van der Waals surface area contributed by atoms with Gasteiger partial charge in [-0.15, -0.1) is 0 Å². The molecule has 0 amide bonds. The lowest BCUT2D eigenvalue weighted by Crippen LogP contribution is -2.14. The van der Waals surface area contributed by atoms with Crippen LogP contribution in [0.3, 0.4) is 0 Å². The number of nitrogens with zero attached hydrogens (tertiary/aromatic N) is 1. The van der Waals surface area contributed by atoms with Crippen LogP contribution in [0.1, 0.15) is 28.4 Å². The molecule has 0 aliphatic carbocycles. The van der Waals surface area contributed by atoms with E-state index in [0.717, 1.165) is 12.1 Å². The van der Waals surface area contributed by atoms with Gasteiger partial charge in [-0.2, -0.15) is 13.2 Å². The normalized spacial score (nSPS) is 13.2. The maximum atomic E-state index is 14.0. The number of nitrogen functional groups attached to an aromatic ring is 1. The van der Waals surface area contributed by atoms with E-state index in [2.05, 4.69) is 4.98 Å². The summed E-state index contributed by atoms with van der Waals surface area (Å²) in [5, 5.41) is 10.2. The third-order valence-corrected chi connectivity index (χ3v) is 3.14. The van der Waals surface area contributed by atoms with Crippen LogP contribution in [0.2, 0.25) is 0 Å². The number of pyridine rings is 1. The molecule has 0 bridgehead atoms. The number of aryl methyl sites for hydroxylation is 1. The molecule has 0 radical (unpaired) electrons. The van der Waals surface area contributed by atoms with Crippen molar-refractivity contribution in [1.29, 1.82) is 0 Å². The maximum Gasteiger partial charge on any atom is 0.419 e. The smallest absolute Gasteiger partial charge is 0.383 e. The second-order valence-electron chi connectivity index (χ2n) is 4.54. The Labute approximate surface area is 118 Å². The lowest BCUT2D eigenvalue weighted by molar-refractivity contribution is -0.140. The molecule has 2 rings (SSSR count). The Morgan fingerprint density at radius 2 is 1.90 bits per heavy atom. The summed E-state index contributed by atoms with van der Waals surface area (Å²) in [4.78, 5) is 3.76. The van der Waals surface area contributed by atoms with Gasteiger partial charge in [0.25, 0.3) is 0 Å². The summed E-state index contributed by atoms with van der Waals surface area (Å²) in [5.41, 5.74) is 4.29. The van der Waals surface area contributed by atoms with E-state index in [1.807, 2.05) is 0 Å². The van der Waals surface area contributed by atoms with Crippen LogP contribution in [0.5, 0.6) is 0 Å². The highest BCUT2D eigenvalue weighted by molar-refractivity contribution is 5.49. The molecular weight excluding hydrogens is 288 g/mol. The zero-order valence-corrected chi connectivity index (χ0v) is 10.9. The Balaban J connectivity index is 2.57. The van der Waals surface area contributed by atoms with Gasteiger partial charge in [-0.05, 0) is 24.6 Å². The van der Waals surface area contributed by atoms with Crippen molar-refractivity contribution in [3.63, 3.8) is 0 Å². The number of hydrogen-bond acceptors (Lipinski definition) is 3. The summed E-state index contributed by atoms with van der Waals surface area (Å²) in [6, 6.07) is 4.26. The fourth-order valence-corrected chi connectivity index (χ4v) is 2.08. The van der Waals surface area contributed by atoms with Gasteiger partial charge in [0.1, 0.15) is 17.7 Å². The average Bonchev–Trinajstić information content (AvgIpc) is 2.37. The van der Waals surface area contributed by atoms with Gasteiger partial charge in [-0.25, -0.2) is 9.37 Å². The van der Waals surface area contributed by atoms with Crippen LogP contribution in [0.4, 0.5) is 23.4 Å². The SMILES string of the molecule is Cc1ccnc(N)c1C(O)c1cccc(C(F)(F)F)c1F. The first-order valence-corrected chi connectivity index (χ1v) is 5.98. The minimum absolute atomic E-state index is 0.0562. The number of benzene rings is 1. The van der Waals surface area contributed by atoms with Crippen molar-refractivity contribution in [3.8, 4) is 0 Å². The van der Waals surface area contributed by atoms with Crippen LogP contribution in [0.25, 0.3) is 0 Å². The number of alkyl halides is 3. The Bertz CT molecular complexity index is 650. The van der Waals surface area contributed by atoms with Crippen LogP contribution < -0.4 is 5.73 Å². The van der Waals surface area contributed by atoms with E-state index in [1.54, 1.807) is 6.92 Å². The highest BCUT2D eigenvalue weighted by Crippen LogP contribution is 2.36. The van der Waals surface area contributed by atoms with Crippen LogP contribution in [-0.2, 0) is 6.18 Å². The minimum Gasteiger partial charge on any atom is -0.383 e. The van der Waals surface area contributed by atoms with Crippen molar-refractivity contribution in [3.05, 3.63) is 58.5 Å². The Morgan fingerprint density at radius 1 is 1.24 bits per heavy atom. The molecule has 0 saturated carbocycles. The molecule has 0 spiro atoms. The molecule has 3 N–H and O–H groups in total. The molecule has 0 aliphatic rings. The van der Waals surface area contributed by atoms with Crippen molar-refractivity contribution in [1.82, 2.24) is 4.98 Å². The average molecular weight is 300 g/mol.